The van der Waals surface area contributed by atoms with Crippen LogP contribution in [0.5, 0.6) is 0 Å². The SMILES string of the molecule is Cc1ccccc1N(c1ccc(-c2ccc(C=Cc3ccc(N(c4ccccc4)c4ccccc4)cc3)cc2)cc1)c1cccc(Cc2ccc3c(c2)cc(N(c2ccc(-c4ccc(C=Cc5ccc(N(c6ccccc6)c6ccccc6)cc5)cc4)cc2)c2ccc(C(C)(C)C)cc2)c2ccccc23)c1. The summed E-state index contributed by atoms with van der Waals surface area (Å²) in [6.07, 6.45) is 9.53. The lowest BCUT2D eigenvalue weighted by Gasteiger charge is -2.29. The highest BCUT2D eigenvalue weighted by Gasteiger charge is 2.22. The minimum absolute atomic E-state index is 0.00757. The number of nitrogens with zero attached hydrogens (tertiary/aromatic N) is 4. The Morgan fingerprint density at radius 1 is 0.236 bits per heavy atom. The molecular weight excluding hydrogens is 1280 g/mol. The van der Waals surface area contributed by atoms with Crippen molar-refractivity contribution in [2.45, 2.75) is 39.5 Å². The van der Waals surface area contributed by atoms with E-state index in [1.54, 1.807) is 0 Å². The van der Waals surface area contributed by atoms with Crippen molar-refractivity contribution in [2.75, 3.05) is 19.6 Å². The summed E-state index contributed by atoms with van der Waals surface area (Å²) in [4.78, 5) is 9.43. The molecule has 0 saturated heterocycles. The van der Waals surface area contributed by atoms with E-state index in [9.17, 15) is 0 Å². The van der Waals surface area contributed by atoms with Crippen LogP contribution in [-0.4, -0.2) is 0 Å². The Labute approximate surface area is 624 Å². The first-order chi connectivity index (χ1) is 52.1. The van der Waals surface area contributed by atoms with E-state index in [0.717, 1.165) is 102 Å². The summed E-state index contributed by atoms with van der Waals surface area (Å²) in [5.41, 5.74) is 27.6. The van der Waals surface area contributed by atoms with E-state index in [0.29, 0.717) is 0 Å². The number of hydrogen-bond acceptors (Lipinski definition) is 4. The molecule has 0 saturated carbocycles. The Bertz CT molecular complexity index is 5630. The van der Waals surface area contributed by atoms with Gasteiger partial charge in [-0.25, -0.2) is 0 Å². The molecule has 0 heterocycles. The van der Waals surface area contributed by atoms with Crippen molar-refractivity contribution in [3.05, 3.63) is 433 Å². The second kappa shape index (κ2) is 30.3. The molecule has 0 amide bonds. The quantitative estimate of drug-likeness (QED) is 0.0557. The van der Waals surface area contributed by atoms with Gasteiger partial charge in [-0.05, 0) is 235 Å². The van der Waals surface area contributed by atoms with Gasteiger partial charge in [-0.1, -0.05) is 300 Å². The molecular formula is C102H82N4. The minimum atomic E-state index is 0.00757. The molecule has 16 rings (SSSR count). The molecule has 0 unspecified atom stereocenters. The fourth-order valence-corrected chi connectivity index (χ4v) is 14.5. The zero-order valence-electron chi connectivity index (χ0n) is 60.3. The monoisotopic (exact) mass is 1360 g/mol. The molecule has 0 fully saturated rings. The van der Waals surface area contributed by atoms with Crippen LogP contribution in [0, 0.1) is 6.92 Å². The predicted octanol–water partition coefficient (Wildman–Crippen LogP) is 28.7. The highest BCUT2D eigenvalue weighted by Crippen LogP contribution is 2.45. The van der Waals surface area contributed by atoms with E-state index >= 15 is 0 Å². The summed E-state index contributed by atoms with van der Waals surface area (Å²) in [6, 6.07) is 141. The third-order valence-corrected chi connectivity index (χ3v) is 20.1. The zero-order valence-corrected chi connectivity index (χ0v) is 60.3. The van der Waals surface area contributed by atoms with Gasteiger partial charge in [0.2, 0.25) is 0 Å². The van der Waals surface area contributed by atoms with Crippen LogP contribution in [0.2, 0.25) is 0 Å². The Morgan fingerprint density at radius 2 is 0.566 bits per heavy atom. The fourth-order valence-electron chi connectivity index (χ4n) is 14.5. The maximum absolute atomic E-state index is 2.45. The molecule has 510 valence electrons. The van der Waals surface area contributed by atoms with E-state index in [1.807, 2.05) is 0 Å². The van der Waals surface area contributed by atoms with Gasteiger partial charge < -0.3 is 19.6 Å². The van der Waals surface area contributed by atoms with Gasteiger partial charge in [0, 0.05) is 67.9 Å². The van der Waals surface area contributed by atoms with Crippen LogP contribution in [0.4, 0.5) is 68.2 Å². The average molecular weight is 1360 g/mol. The molecule has 0 N–H and O–H groups in total. The van der Waals surface area contributed by atoms with Crippen molar-refractivity contribution in [3.63, 3.8) is 0 Å². The molecule has 4 nitrogen and oxygen atoms in total. The van der Waals surface area contributed by atoms with Crippen LogP contribution in [0.25, 0.3) is 68.1 Å². The highest BCUT2D eigenvalue weighted by atomic mass is 15.2. The van der Waals surface area contributed by atoms with Gasteiger partial charge in [0.05, 0.1) is 5.69 Å². The molecule has 0 bridgehead atoms. The first-order valence-electron chi connectivity index (χ1n) is 36.6. The number of hydrogen-bond donors (Lipinski definition) is 0. The predicted molar refractivity (Wildman–Crippen MR) is 454 cm³/mol. The molecule has 106 heavy (non-hydrogen) atoms. The third-order valence-electron chi connectivity index (χ3n) is 20.1. The maximum atomic E-state index is 2.45. The Balaban J connectivity index is 0.643. The van der Waals surface area contributed by atoms with Gasteiger partial charge in [-0.3, -0.25) is 0 Å². The lowest BCUT2D eigenvalue weighted by atomic mass is 9.87. The van der Waals surface area contributed by atoms with E-state index < -0.39 is 0 Å². The summed E-state index contributed by atoms with van der Waals surface area (Å²) < 4.78 is 0. The Morgan fingerprint density at radius 3 is 1.00 bits per heavy atom. The van der Waals surface area contributed by atoms with Gasteiger partial charge >= 0.3 is 0 Å². The number of rotatable bonds is 20. The van der Waals surface area contributed by atoms with Crippen LogP contribution >= 0.6 is 0 Å². The number of fused-ring (bicyclic) bond motifs is 3. The van der Waals surface area contributed by atoms with Gasteiger partial charge in [0.25, 0.3) is 0 Å². The molecule has 16 aromatic carbocycles. The normalized spacial score (nSPS) is 11.5. The molecule has 0 aliphatic rings. The average Bonchev–Trinajstić information content (AvgIpc) is 0.843. The van der Waals surface area contributed by atoms with Gasteiger partial charge in [0.1, 0.15) is 0 Å². The van der Waals surface area contributed by atoms with Crippen molar-refractivity contribution in [2.24, 2.45) is 0 Å². The summed E-state index contributed by atoms with van der Waals surface area (Å²) >= 11 is 0. The first kappa shape index (κ1) is 67.2. The Kier molecular flexibility index (Phi) is 19.2. The number of benzene rings is 16. The van der Waals surface area contributed by atoms with Crippen molar-refractivity contribution >= 4 is 114 Å². The van der Waals surface area contributed by atoms with Gasteiger partial charge in [0.15, 0.2) is 0 Å². The largest absolute Gasteiger partial charge is 0.311 e. The maximum Gasteiger partial charge on any atom is 0.0546 e. The minimum Gasteiger partial charge on any atom is -0.311 e. The topological polar surface area (TPSA) is 13.0 Å². The number of aryl methyl sites for hydroxylation is 1. The van der Waals surface area contributed by atoms with Crippen LogP contribution < -0.4 is 19.6 Å². The van der Waals surface area contributed by atoms with Crippen LogP contribution in [0.3, 0.4) is 0 Å². The summed E-state index contributed by atoms with van der Waals surface area (Å²) in [5.74, 6) is 0. The summed E-state index contributed by atoms with van der Waals surface area (Å²) in [6.45, 7) is 9.05. The summed E-state index contributed by atoms with van der Waals surface area (Å²) in [5, 5.41) is 4.85. The highest BCUT2D eigenvalue weighted by molar-refractivity contribution is 6.15. The molecule has 16 aromatic rings. The molecule has 4 heteroatoms. The van der Waals surface area contributed by atoms with Crippen LogP contribution in [0.1, 0.15) is 65.3 Å². The Hall–Kier alpha value is -13.3. The van der Waals surface area contributed by atoms with Crippen molar-refractivity contribution < 1.29 is 0 Å². The van der Waals surface area contributed by atoms with Crippen molar-refractivity contribution in [1.29, 1.82) is 0 Å². The third kappa shape index (κ3) is 14.9. The number of para-hydroxylation sites is 5. The molecule has 0 aromatic heterocycles. The van der Waals surface area contributed by atoms with Crippen molar-refractivity contribution in [1.82, 2.24) is 0 Å². The van der Waals surface area contributed by atoms with E-state index in [1.165, 1.54) is 60.5 Å². The van der Waals surface area contributed by atoms with E-state index in [2.05, 4.69) is 460 Å². The van der Waals surface area contributed by atoms with Gasteiger partial charge in [-0.2, -0.15) is 0 Å². The molecule has 0 aliphatic carbocycles. The lowest BCUT2D eigenvalue weighted by molar-refractivity contribution is 0.590. The standard InChI is InChI=1S/C102H82N4/c1-74-22-17-20-35-100(74)106(94-65-55-84(56-66-94)82-51-42-76(43-52-82)37-39-78-46-61-92(62-47-78)104(89-28-13-7-14-29-89)90-30-15-8-16-31-90)96-32-21-23-79(72-96)70-80-48-69-97-85(71-80)73-101(99-34-19-18-33-98(97)99)105(95-67-57-86(58-68-95)102(2,3)4)93-63-53-83(54-64-93)81-49-40-75(41-50-81)36-38-77-44-59-91(60-45-77)103(87-24-9-5-10-25-87)88-26-11-6-12-27-88/h5-69,71-73H,70H2,1-4H3. The summed E-state index contributed by atoms with van der Waals surface area (Å²) in [7, 11) is 0. The molecule has 0 spiro atoms. The second-order valence-corrected chi connectivity index (χ2v) is 28.3. The first-order valence-corrected chi connectivity index (χ1v) is 36.6. The number of anilines is 12. The fraction of sp³-hybridized carbons (Fsp3) is 0.0588. The van der Waals surface area contributed by atoms with Crippen LogP contribution in [-0.2, 0) is 11.8 Å². The lowest BCUT2D eigenvalue weighted by Crippen LogP contribution is -2.13. The molecule has 0 aliphatic heterocycles. The van der Waals surface area contributed by atoms with E-state index in [-0.39, 0.29) is 5.41 Å². The molecule has 0 atom stereocenters. The molecule has 0 radical (unpaired) electrons. The zero-order chi connectivity index (χ0) is 71.8. The van der Waals surface area contributed by atoms with Crippen LogP contribution in [0.15, 0.2) is 388 Å². The smallest absolute Gasteiger partial charge is 0.0546 e. The van der Waals surface area contributed by atoms with Crippen molar-refractivity contribution in [3.8, 4) is 22.3 Å². The van der Waals surface area contributed by atoms with Gasteiger partial charge in [-0.15, -0.1) is 0 Å². The van der Waals surface area contributed by atoms with E-state index in [4.69, 9.17) is 0 Å². The second-order valence-electron chi connectivity index (χ2n) is 28.3.